The SMILES string of the molecule is CO[C@H]1/C=C\C=C(/C)C(=O)Nc2cc3c(c(c2O)C[C@@H](C)C[C@H](OC)[C@H](O)[C@@H](C)/C=C(\C)[C@@H]1OC(N)=O)=NC(=NC(=N)N1CCC1O)N=3. The van der Waals surface area contributed by atoms with Gasteiger partial charge in [-0.1, -0.05) is 38.2 Å². The number of allylic oxidation sites excluding steroid dienone is 2. The summed E-state index contributed by atoms with van der Waals surface area (Å²) in [5, 5.41) is 44.5. The number of ether oxygens (including phenoxy) is 3. The molecule has 0 aliphatic carbocycles. The van der Waals surface area contributed by atoms with Crippen molar-refractivity contribution in [2.75, 3.05) is 26.1 Å². The van der Waals surface area contributed by atoms with Gasteiger partial charge in [0.1, 0.15) is 18.1 Å². The summed E-state index contributed by atoms with van der Waals surface area (Å²) < 4.78 is 16.7. The van der Waals surface area contributed by atoms with E-state index in [1.807, 2.05) is 13.8 Å². The van der Waals surface area contributed by atoms with Gasteiger partial charge in [-0.2, -0.15) is 4.99 Å². The molecule has 1 aromatic carbocycles. The zero-order valence-corrected chi connectivity index (χ0v) is 28.0. The number of aromatic hydroxyl groups is 1. The Kier molecular flexibility index (Phi) is 11.9. The number of likely N-dealkylation sites (tertiary alicyclic amines) is 1. The summed E-state index contributed by atoms with van der Waals surface area (Å²) in [6.07, 6.45) is 2.63. The molecule has 15 nitrogen and oxygen atoms in total. The number of aliphatic hydroxyl groups excluding tert-OH is 2. The highest BCUT2D eigenvalue weighted by Gasteiger charge is 2.31. The first kappa shape index (κ1) is 36.4. The Hall–Kier alpha value is -4.44. The van der Waals surface area contributed by atoms with Crippen molar-refractivity contribution in [1.29, 1.82) is 5.41 Å². The molecule has 48 heavy (non-hydrogen) atoms. The third kappa shape index (κ3) is 8.34. The van der Waals surface area contributed by atoms with Crippen molar-refractivity contribution in [3.8, 4) is 5.75 Å². The maximum Gasteiger partial charge on any atom is 0.405 e. The van der Waals surface area contributed by atoms with Crippen LogP contribution in [-0.4, -0.2) is 95.5 Å². The molecule has 0 saturated carbocycles. The molecule has 7 atom stereocenters. The molecule has 3 aliphatic heterocycles. The molecule has 4 rings (SSSR count). The molecule has 1 fully saturated rings. The number of anilines is 1. The lowest BCUT2D eigenvalue weighted by Gasteiger charge is -2.36. The average Bonchev–Trinajstić information content (AvgIpc) is 3.42. The van der Waals surface area contributed by atoms with Crippen molar-refractivity contribution in [3.63, 3.8) is 0 Å². The molecule has 260 valence electrons. The Bertz CT molecular complexity index is 1670. The van der Waals surface area contributed by atoms with Crippen molar-refractivity contribution in [2.24, 2.45) is 32.5 Å². The van der Waals surface area contributed by atoms with E-state index in [1.54, 1.807) is 38.2 Å². The summed E-state index contributed by atoms with van der Waals surface area (Å²) in [6, 6.07) is 1.49. The Morgan fingerprint density at radius 3 is 2.52 bits per heavy atom. The largest absolute Gasteiger partial charge is 0.505 e. The zero-order chi connectivity index (χ0) is 35.3. The molecule has 1 unspecified atom stereocenters. The first-order valence-corrected chi connectivity index (χ1v) is 15.7. The second-order valence-corrected chi connectivity index (χ2v) is 12.4. The maximum absolute atomic E-state index is 13.3. The lowest BCUT2D eigenvalue weighted by atomic mass is 9.88. The van der Waals surface area contributed by atoms with E-state index in [0.29, 0.717) is 46.8 Å². The predicted molar refractivity (Wildman–Crippen MR) is 177 cm³/mol. The monoisotopic (exact) mass is 667 g/mol. The molecule has 0 radical (unpaired) electrons. The van der Waals surface area contributed by atoms with Crippen LogP contribution in [0.3, 0.4) is 0 Å². The summed E-state index contributed by atoms with van der Waals surface area (Å²) in [4.78, 5) is 39.6. The molecule has 2 bridgehead atoms. The number of aliphatic imine (C=N–C) groups is 1. The zero-order valence-electron chi connectivity index (χ0n) is 28.0. The summed E-state index contributed by atoms with van der Waals surface area (Å²) in [6.45, 7) is 7.57. The molecule has 0 spiro atoms. The van der Waals surface area contributed by atoms with E-state index in [2.05, 4.69) is 20.3 Å². The number of methoxy groups -OCH3 is 2. The number of phenolic OH excluding ortho intramolecular Hbond substituents is 1. The Balaban J connectivity index is 1.79. The van der Waals surface area contributed by atoms with Crippen molar-refractivity contribution < 1.29 is 39.1 Å². The maximum atomic E-state index is 13.3. The van der Waals surface area contributed by atoms with Crippen LogP contribution in [0.2, 0.25) is 0 Å². The molecule has 1 saturated heterocycles. The van der Waals surface area contributed by atoms with Gasteiger partial charge in [0.15, 0.2) is 6.10 Å². The van der Waals surface area contributed by atoms with Crippen molar-refractivity contribution in [3.05, 3.63) is 57.8 Å². The summed E-state index contributed by atoms with van der Waals surface area (Å²) in [5.41, 5.74) is 6.76. The number of phenols is 1. The van der Waals surface area contributed by atoms with Crippen molar-refractivity contribution in [1.82, 2.24) is 4.90 Å². The fraction of sp³-hybridized carbons (Fsp3) is 0.515. The van der Waals surface area contributed by atoms with Gasteiger partial charge in [-0.25, -0.2) is 14.8 Å². The summed E-state index contributed by atoms with van der Waals surface area (Å²) >= 11 is 0. The number of guanidine groups is 2. The number of fused-ring (bicyclic) bond motifs is 4. The number of hydrogen-bond acceptors (Lipinski definition) is 9. The van der Waals surface area contributed by atoms with Crippen LogP contribution >= 0.6 is 0 Å². The quantitative estimate of drug-likeness (QED) is 0.118. The molecule has 3 aliphatic rings. The number of nitrogens with two attached hydrogens (primary N) is 1. The number of nitrogens with one attached hydrogen (secondary N) is 2. The van der Waals surface area contributed by atoms with Crippen molar-refractivity contribution in [2.45, 2.75) is 77.6 Å². The van der Waals surface area contributed by atoms with Crippen LogP contribution in [0.25, 0.3) is 0 Å². The highest BCUT2D eigenvalue weighted by atomic mass is 16.6. The van der Waals surface area contributed by atoms with E-state index in [1.165, 1.54) is 25.2 Å². The van der Waals surface area contributed by atoms with Gasteiger partial charge in [0.05, 0.1) is 28.6 Å². The Labute approximate surface area is 278 Å². The average molecular weight is 668 g/mol. The number of carbonyl (C=O) groups is 2. The van der Waals surface area contributed by atoms with Crippen LogP contribution in [-0.2, 0) is 25.4 Å². The van der Waals surface area contributed by atoms with Gasteiger partial charge in [0.2, 0.25) is 5.96 Å². The van der Waals surface area contributed by atoms with E-state index in [4.69, 9.17) is 25.4 Å². The molecule has 0 aromatic heterocycles. The number of primary amides is 1. The number of amides is 2. The normalized spacial score (nSPS) is 31.9. The number of benzene rings is 1. The van der Waals surface area contributed by atoms with E-state index in [9.17, 15) is 24.9 Å². The highest BCUT2D eigenvalue weighted by Crippen LogP contribution is 2.29. The van der Waals surface area contributed by atoms with Gasteiger partial charge in [-0.3, -0.25) is 10.2 Å². The van der Waals surface area contributed by atoms with Crippen LogP contribution in [0.5, 0.6) is 5.75 Å². The number of nitrogens with zero attached hydrogens (tertiary/aromatic N) is 4. The standard InChI is InChI=1S/C33H45N7O8/c1-16-12-20-26-21(37-33(38-26)39-31(34)40-11-10-25(40)41)15-22(28(20)43)36-30(44)17(2)8-7-9-23(46-5)29(48-32(35)45)19(4)14-18(3)27(42)24(13-16)47-6/h7-9,14-16,18,23-25,27,29,34,41-43H,10-13H2,1-6H3,(H2,35,45)(H,36,44)/b9-7-,17-8+,19-14+,34-31?,39-33?/t16-,18+,23+,24+,25?,27-,29+/m1/s1. The third-order valence-electron chi connectivity index (χ3n) is 8.70. The number of rotatable bonds is 3. The van der Waals surface area contributed by atoms with E-state index < -0.39 is 48.6 Å². The first-order valence-electron chi connectivity index (χ1n) is 15.7. The Morgan fingerprint density at radius 1 is 1.19 bits per heavy atom. The van der Waals surface area contributed by atoms with Crippen LogP contribution < -0.4 is 21.8 Å². The molecule has 7 N–H and O–H groups in total. The fourth-order valence-electron chi connectivity index (χ4n) is 5.87. The second-order valence-electron chi connectivity index (χ2n) is 12.4. The van der Waals surface area contributed by atoms with E-state index >= 15 is 0 Å². The summed E-state index contributed by atoms with van der Waals surface area (Å²) in [7, 11) is 2.95. The number of hydrogen-bond donors (Lipinski definition) is 6. The molecule has 1 aromatic rings. The number of aliphatic hydroxyl groups is 2. The minimum atomic E-state index is -0.997. The van der Waals surface area contributed by atoms with Gasteiger partial charge in [0, 0.05) is 44.2 Å². The highest BCUT2D eigenvalue weighted by molar-refractivity contribution is 6.04. The first-order chi connectivity index (χ1) is 22.7. The molecular formula is C33H45N7O8. The molecule has 3 heterocycles. The van der Waals surface area contributed by atoms with E-state index in [0.717, 1.165) is 0 Å². The smallest absolute Gasteiger partial charge is 0.405 e. The third-order valence-corrected chi connectivity index (χ3v) is 8.70. The van der Waals surface area contributed by atoms with E-state index in [-0.39, 0.29) is 35.7 Å². The predicted octanol–water partition coefficient (Wildman–Crippen LogP) is 1.42. The van der Waals surface area contributed by atoms with Gasteiger partial charge in [-0.15, -0.1) is 0 Å². The van der Waals surface area contributed by atoms with Gasteiger partial charge < -0.3 is 45.5 Å². The van der Waals surface area contributed by atoms with Gasteiger partial charge >= 0.3 is 6.09 Å². The fourth-order valence-corrected chi connectivity index (χ4v) is 5.87. The van der Waals surface area contributed by atoms with Crippen molar-refractivity contribution >= 4 is 29.6 Å². The Morgan fingerprint density at radius 2 is 1.92 bits per heavy atom. The molecule has 15 heteroatoms. The van der Waals surface area contributed by atoms with Crippen LogP contribution in [0, 0.1) is 17.2 Å². The lowest BCUT2D eigenvalue weighted by Crippen LogP contribution is -2.50. The summed E-state index contributed by atoms with van der Waals surface area (Å²) in [5.74, 6) is -1.52. The van der Waals surface area contributed by atoms with Gasteiger partial charge in [0.25, 0.3) is 11.9 Å². The topological polar surface area (TPSA) is 225 Å². The van der Waals surface area contributed by atoms with Crippen LogP contribution in [0.4, 0.5) is 10.5 Å². The minimum Gasteiger partial charge on any atom is -0.505 e. The minimum absolute atomic E-state index is 0.0194. The lowest BCUT2D eigenvalue weighted by molar-refractivity contribution is -0.112. The molecule has 2 amide bonds. The van der Waals surface area contributed by atoms with Crippen LogP contribution in [0.15, 0.2) is 56.5 Å². The van der Waals surface area contributed by atoms with Crippen LogP contribution in [0.1, 0.15) is 46.1 Å². The molecular weight excluding hydrogens is 622 g/mol. The number of carbonyl (C=O) groups excluding carboxylic acids is 2. The second kappa shape index (κ2) is 15.6. The van der Waals surface area contributed by atoms with Gasteiger partial charge in [-0.05, 0) is 44.2 Å².